The Morgan fingerprint density at radius 2 is 1.64 bits per heavy atom. The highest BCUT2D eigenvalue weighted by molar-refractivity contribution is 5.48. The highest BCUT2D eigenvalue weighted by atomic mass is 14.2. The van der Waals surface area contributed by atoms with Gasteiger partial charge in [0.1, 0.15) is 0 Å². The van der Waals surface area contributed by atoms with Crippen LogP contribution >= 0.6 is 0 Å². The summed E-state index contributed by atoms with van der Waals surface area (Å²) in [5.41, 5.74) is 3.14. The molecule has 0 heteroatoms. The molecule has 61 valence electrons. The van der Waals surface area contributed by atoms with Gasteiger partial charge in [-0.15, -0.1) is 0 Å². The number of hydrogen-bond donors (Lipinski definition) is 0. The molecule has 0 atom stereocenters. The van der Waals surface area contributed by atoms with Gasteiger partial charge in [-0.05, 0) is 24.8 Å². The lowest BCUT2D eigenvalue weighted by molar-refractivity contribution is 0.932. The van der Waals surface area contributed by atoms with E-state index in [2.05, 4.69) is 32.9 Å². The van der Waals surface area contributed by atoms with Crippen molar-refractivity contribution in [2.24, 2.45) is 0 Å². The van der Waals surface area contributed by atoms with Crippen LogP contribution in [0.25, 0.3) is 0 Å². The molecule has 0 heterocycles. The summed E-state index contributed by atoms with van der Waals surface area (Å²) in [6.45, 7) is 6.70. The van der Waals surface area contributed by atoms with Gasteiger partial charge in [0.15, 0.2) is 0 Å². The van der Waals surface area contributed by atoms with Crippen molar-refractivity contribution < 1.29 is 0 Å². The standard InChI is InChI=1S/C11H17/c1-4-9-7-8-10(5-2)11(9)6-3/h7-8H,4-6H2,1-3H3. The van der Waals surface area contributed by atoms with E-state index < -0.39 is 0 Å². The molecule has 0 aromatic carbocycles. The minimum atomic E-state index is 1.18. The Morgan fingerprint density at radius 3 is 2.09 bits per heavy atom. The average Bonchev–Trinajstić information content (AvgIpc) is 2.45. The van der Waals surface area contributed by atoms with Crippen LogP contribution < -0.4 is 0 Å². The van der Waals surface area contributed by atoms with Crippen molar-refractivity contribution in [2.75, 3.05) is 0 Å². The molecule has 0 nitrogen and oxygen atoms in total. The molecule has 0 amide bonds. The third kappa shape index (κ3) is 1.55. The molecule has 0 aromatic rings. The fourth-order valence-corrected chi connectivity index (χ4v) is 1.73. The van der Waals surface area contributed by atoms with Crippen LogP contribution in [0.15, 0.2) is 23.3 Å². The highest BCUT2D eigenvalue weighted by Crippen LogP contribution is 2.33. The Morgan fingerprint density at radius 1 is 0.909 bits per heavy atom. The first-order valence-electron chi connectivity index (χ1n) is 4.59. The molecule has 0 aromatic heterocycles. The van der Waals surface area contributed by atoms with Crippen molar-refractivity contribution in [2.45, 2.75) is 40.0 Å². The van der Waals surface area contributed by atoms with E-state index >= 15 is 0 Å². The Labute approximate surface area is 70.0 Å². The first-order chi connectivity index (χ1) is 5.33. The highest BCUT2D eigenvalue weighted by Gasteiger charge is 2.16. The Kier molecular flexibility index (Phi) is 2.92. The second-order valence-electron chi connectivity index (χ2n) is 2.92. The van der Waals surface area contributed by atoms with E-state index in [1.807, 2.05) is 0 Å². The van der Waals surface area contributed by atoms with Gasteiger partial charge in [0, 0.05) is 5.92 Å². The van der Waals surface area contributed by atoms with Gasteiger partial charge in [-0.3, -0.25) is 0 Å². The van der Waals surface area contributed by atoms with Crippen LogP contribution in [0.5, 0.6) is 0 Å². The topological polar surface area (TPSA) is 0 Å². The summed E-state index contributed by atoms with van der Waals surface area (Å²) in [5, 5.41) is 0. The van der Waals surface area contributed by atoms with Gasteiger partial charge in [0.2, 0.25) is 0 Å². The molecule has 0 aliphatic heterocycles. The smallest absolute Gasteiger partial charge is 0.0225 e. The van der Waals surface area contributed by atoms with Crippen LogP contribution in [0, 0.1) is 5.92 Å². The quantitative estimate of drug-likeness (QED) is 0.574. The van der Waals surface area contributed by atoms with E-state index in [1.54, 1.807) is 17.1 Å². The molecule has 1 rings (SSSR count). The van der Waals surface area contributed by atoms with Crippen LogP contribution in [0.2, 0.25) is 0 Å². The first-order valence-corrected chi connectivity index (χ1v) is 4.59. The van der Waals surface area contributed by atoms with E-state index in [9.17, 15) is 0 Å². The minimum Gasteiger partial charge on any atom is -0.0728 e. The van der Waals surface area contributed by atoms with Crippen molar-refractivity contribution in [1.82, 2.24) is 0 Å². The largest absolute Gasteiger partial charge is 0.0728 e. The van der Waals surface area contributed by atoms with Crippen molar-refractivity contribution >= 4 is 0 Å². The molecular formula is C11H17. The van der Waals surface area contributed by atoms with Crippen LogP contribution in [0.4, 0.5) is 0 Å². The fourth-order valence-electron chi connectivity index (χ4n) is 1.73. The predicted octanol–water partition coefficient (Wildman–Crippen LogP) is 3.66. The lowest BCUT2D eigenvalue weighted by Crippen LogP contribution is -1.93. The summed E-state index contributed by atoms with van der Waals surface area (Å²) in [7, 11) is 0. The van der Waals surface area contributed by atoms with Crippen LogP contribution in [0.3, 0.4) is 0 Å². The zero-order valence-electron chi connectivity index (χ0n) is 7.78. The van der Waals surface area contributed by atoms with Gasteiger partial charge < -0.3 is 0 Å². The fraction of sp³-hybridized carbons (Fsp3) is 0.545. The van der Waals surface area contributed by atoms with Gasteiger partial charge in [0.25, 0.3) is 0 Å². The lowest BCUT2D eigenvalue weighted by Gasteiger charge is -2.09. The first kappa shape index (κ1) is 8.58. The minimum absolute atomic E-state index is 1.18. The molecule has 1 aliphatic carbocycles. The van der Waals surface area contributed by atoms with Gasteiger partial charge in [-0.2, -0.15) is 0 Å². The van der Waals surface area contributed by atoms with Gasteiger partial charge in [0.05, 0.1) is 0 Å². The summed E-state index contributed by atoms with van der Waals surface area (Å²) in [6, 6.07) is 0. The Balaban J connectivity index is 2.77. The number of hydrogen-bond acceptors (Lipinski definition) is 0. The molecule has 0 fully saturated rings. The van der Waals surface area contributed by atoms with Crippen LogP contribution in [0.1, 0.15) is 40.0 Å². The van der Waals surface area contributed by atoms with Crippen molar-refractivity contribution in [3.63, 3.8) is 0 Å². The van der Waals surface area contributed by atoms with E-state index in [-0.39, 0.29) is 0 Å². The average molecular weight is 149 g/mol. The lowest BCUT2D eigenvalue weighted by atomic mass is 9.95. The molecular weight excluding hydrogens is 132 g/mol. The van der Waals surface area contributed by atoms with E-state index in [1.165, 1.54) is 19.3 Å². The zero-order valence-corrected chi connectivity index (χ0v) is 7.78. The monoisotopic (exact) mass is 149 g/mol. The van der Waals surface area contributed by atoms with Crippen LogP contribution in [-0.4, -0.2) is 0 Å². The van der Waals surface area contributed by atoms with E-state index in [0.717, 1.165) is 0 Å². The maximum absolute atomic E-state index is 2.28. The molecule has 1 aliphatic rings. The molecule has 0 N–H and O–H groups in total. The predicted molar refractivity (Wildman–Crippen MR) is 50.3 cm³/mol. The molecule has 0 unspecified atom stereocenters. The summed E-state index contributed by atoms with van der Waals surface area (Å²) >= 11 is 0. The van der Waals surface area contributed by atoms with Gasteiger partial charge in [-0.25, -0.2) is 0 Å². The second kappa shape index (κ2) is 3.75. The van der Waals surface area contributed by atoms with Crippen molar-refractivity contribution in [1.29, 1.82) is 0 Å². The zero-order chi connectivity index (χ0) is 8.27. The van der Waals surface area contributed by atoms with Gasteiger partial charge >= 0.3 is 0 Å². The molecule has 0 bridgehead atoms. The third-order valence-electron chi connectivity index (χ3n) is 2.38. The number of rotatable bonds is 3. The van der Waals surface area contributed by atoms with Gasteiger partial charge in [-0.1, -0.05) is 38.5 Å². The van der Waals surface area contributed by atoms with Crippen molar-refractivity contribution in [3.8, 4) is 0 Å². The molecule has 1 radical (unpaired) electrons. The Hall–Kier alpha value is -0.520. The maximum Gasteiger partial charge on any atom is 0.0225 e. The molecule has 11 heavy (non-hydrogen) atoms. The third-order valence-corrected chi connectivity index (χ3v) is 2.38. The molecule has 0 saturated carbocycles. The van der Waals surface area contributed by atoms with E-state index in [0.29, 0.717) is 0 Å². The maximum atomic E-state index is 2.28. The number of allylic oxidation sites excluding steroid dienone is 4. The second-order valence-corrected chi connectivity index (χ2v) is 2.92. The molecule has 0 saturated heterocycles. The van der Waals surface area contributed by atoms with E-state index in [4.69, 9.17) is 0 Å². The summed E-state index contributed by atoms with van der Waals surface area (Å²) in [6.07, 6.45) is 8.11. The summed E-state index contributed by atoms with van der Waals surface area (Å²) in [4.78, 5) is 0. The SMILES string of the molecule is CC[C]1C=CC(CC)=C1CC. The summed E-state index contributed by atoms with van der Waals surface area (Å²) < 4.78 is 0. The molecule has 0 spiro atoms. The Bertz CT molecular complexity index is 184. The normalized spacial score (nSPS) is 18.5. The van der Waals surface area contributed by atoms with Crippen molar-refractivity contribution in [3.05, 3.63) is 29.2 Å². The van der Waals surface area contributed by atoms with Crippen LogP contribution in [-0.2, 0) is 0 Å². The summed E-state index contributed by atoms with van der Waals surface area (Å²) in [5.74, 6) is 1.55.